The number of nitrogens with one attached hydrogen (secondary N) is 2. The summed E-state index contributed by atoms with van der Waals surface area (Å²) in [5.74, 6) is -0.571. The fourth-order valence-corrected chi connectivity index (χ4v) is 2.52. The quantitative estimate of drug-likeness (QED) is 0.701. The third kappa shape index (κ3) is 3.93. The number of aromatic nitrogens is 3. The van der Waals surface area contributed by atoms with Crippen LogP contribution in [0.5, 0.6) is 0 Å². The van der Waals surface area contributed by atoms with E-state index in [4.69, 9.17) is 0 Å². The largest absolute Gasteiger partial charge is 0.366 e. The van der Waals surface area contributed by atoms with E-state index in [0.29, 0.717) is 29.9 Å². The van der Waals surface area contributed by atoms with E-state index in [2.05, 4.69) is 25.6 Å². The van der Waals surface area contributed by atoms with Gasteiger partial charge in [-0.05, 0) is 42.7 Å². The van der Waals surface area contributed by atoms with E-state index in [1.807, 2.05) is 18.2 Å². The highest BCUT2D eigenvalue weighted by Gasteiger charge is 2.22. The van der Waals surface area contributed by atoms with Crippen LogP contribution in [0, 0.1) is 11.6 Å². The van der Waals surface area contributed by atoms with Crippen molar-refractivity contribution >= 4 is 11.8 Å². The molecule has 1 aliphatic rings. The summed E-state index contributed by atoms with van der Waals surface area (Å²) in [5.41, 5.74) is 2.25. The highest BCUT2D eigenvalue weighted by Crippen LogP contribution is 2.26. The van der Waals surface area contributed by atoms with Crippen LogP contribution in [0.15, 0.2) is 48.8 Å². The Kier molecular flexibility index (Phi) is 4.43. The first-order valence-electron chi connectivity index (χ1n) is 8.41. The molecular formula is C19H17F2N5. The van der Waals surface area contributed by atoms with Crippen LogP contribution in [0.3, 0.4) is 0 Å². The summed E-state index contributed by atoms with van der Waals surface area (Å²) in [7, 11) is 0. The molecule has 26 heavy (non-hydrogen) atoms. The van der Waals surface area contributed by atoms with Crippen LogP contribution in [-0.2, 0) is 6.54 Å². The maximum Gasteiger partial charge on any atom is 0.225 e. The lowest BCUT2D eigenvalue weighted by Crippen LogP contribution is -2.09. The summed E-state index contributed by atoms with van der Waals surface area (Å²) in [6.45, 7) is 0.323. The van der Waals surface area contributed by atoms with Crippen molar-refractivity contribution < 1.29 is 8.78 Å². The van der Waals surface area contributed by atoms with E-state index >= 15 is 0 Å². The molecule has 1 saturated carbocycles. The molecule has 7 heteroatoms. The summed E-state index contributed by atoms with van der Waals surface area (Å²) in [6, 6.07) is 9.84. The van der Waals surface area contributed by atoms with Gasteiger partial charge in [-0.1, -0.05) is 6.07 Å². The van der Waals surface area contributed by atoms with Gasteiger partial charge in [0.2, 0.25) is 5.95 Å². The maximum atomic E-state index is 13.4. The molecule has 1 fully saturated rings. The van der Waals surface area contributed by atoms with E-state index in [1.165, 1.54) is 12.1 Å². The van der Waals surface area contributed by atoms with Gasteiger partial charge in [-0.2, -0.15) is 4.98 Å². The van der Waals surface area contributed by atoms with E-state index in [0.717, 1.165) is 30.2 Å². The molecule has 4 rings (SSSR count). The summed E-state index contributed by atoms with van der Waals surface area (Å²) in [5, 5.41) is 6.44. The average molecular weight is 353 g/mol. The molecule has 1 aliphatic carbocycles. The minimum atomic E-state index is -0.862. The van der Waals surface area contributed by atoms with Crippen molar-refractivity contribution in [1.82, 2.24) is 15.0 Å². The first-order chi connectivity index (χ1) is 12.7. The standard InChI is InChI=1S/C19H17F2N5/c20-15-6-3-12(8-16(15)21)10-23-18-9-17(13-2-1-7-22-11-13)25-19(26-18)24-14-4-5-14/h1-3,6-9,11,14H,4-5,10H2,(H2,23,24,25,26). The average Bonchev–Trinajstić information content (AvgIpc) is 3.47. The molecule has 0 bridgehead atoms. The number of benzene rings is 1. The van der Waals surface area contributed by atoms with Crippen LogP contribution in [0.4, 0.5) is 20.5 Å². The van der Waals surface area contributed by atoms with Crippen LogP contribution in [0.25, 0.3) is 11.3 Å². The van der Waals surface area contributed by atoms with Gasteiger partial charge in [-0.15, -0.1) is 0 Å². The van der Waals surface area contributed by atoms with Crippen LogP contribution in [0.2, 0.25) is 0 Å². The van der Waals surface area contributed by atoms with Crippen LogP contribution >= 0.6 is 0 Å². The van der Waals surface area contributed by atoms with E-state index in [1.54, 1.807) is 12.4 Å². The third-order valence-electron chi connectivity index (χ3n) is 4.05. The zero-order valence-electron chi connectivity index (χ0n) is 13.9. The molecule has 3 aromatic rings. The lowest BCUT2D eigenvalue weighted by Gasteiger charge is -2.11. The molecule has 0 saturated heterocycles. The first kappa shape index (κ1) is 16.4. The molecular weight excluding hydrogens is 336 g/mol. The van der Waals surface area contributed by atoms with Gasteiger partial charge < -0.3 is 10.6 Å². The number of rotatable bonds is 6. The Morgan fingerprint density at radius 1 is 1.04 bits per heavy atom. The number of anilines is 2. The molecule has 0 unspecified atom stereocenters. The Morgan fingerprint density at radius 2 is 1.92 bits per heavy atom. The maximum absolute atomic E-state index is 13.4. The van der Waals surface area contributed by atoms with E-state index < -0.39 is 11.6 Å². The second-order valence-corrected chi connectivity index (χ2v) is 6.22. The number of pyridine rings is 1. The Balaban J connectivity index is 1.58. The van der Waals surface area contributed by atoms with Crippen molar-refractivity contribution in [1.29, 1.82) is 0 Å². The second-order valence-electron chi connectivity index (χ2n) is 6.22. The minimum Gasteiger partial charge on any atom is -0.366 e. The Morgan fingerprint density at radius 3 is 2.65 bits per heavy atom. The van der Waals surface area contributed by atoms with Gasteiger partial charge >= 0.3 is 0 Å². The summed E-state index contributed by atoms with van der Waals surface area (Å²) in [4.78, 5) is 13.2. The lowest BCUT2D eigenvalue weighted by molar-refractivity contribution is 0.507. The summed E-state index contributed by atoms with van der Waals surface area (Å²) in [6.07, 6.45) is 5.66. The molecule has 1 aromatic carbocycles. The van der Waals surface area contributed by atoms with E-state index in [9.17, 15) is 8.78 Å². The second kappa shape index (κ2) is 7.03. The molecule has 2 heterocycles. The van der Waals surface area contributed by atoms with Crippen LogP contribution < -0.4 is 10.6 Å². The zero-order valence-corrected chi connectivity index (χ0v) is 13.9. The topological polar surface area (TPSA) is 62.7 Å². The van der Waals surface area contributed by atoms with Gasteiger partial charge in [-0.3, -0.25) is 4.98 Å². The molecule has 0 radical (unpaired) electrons. The van der Waals surface area contributed by atoms with Crippen molar-refractivity contribution in [2.24, 2.45) is 0 Å². The molecule has 5 nitrogen and oxygen atoms in total. The molecule has 0 aliphatic heterocycles. The molecule has 0 atom stereocenters. The fraction of sp³-hybridized carbons (Fsp3) is 0.211. The van der Waals surface area contributed by atoms with Crippen molar-refractivity contribution in [2.45, 2.75) is 25.4 Å². The van der Waals surface area contributed by atoms with Gasteiger partial charge in [0.1, 0.15) is 5.82 Å². The van der Waals surface area contributed by atoms with Gasteiger partial charge in [0.15, 0.2) is 11.6 Å². The minimum absolute atomic E-state index is 0.323. The number of halogens is 2. The van der Waals surface area contributed by atoms with Crippen molar-refractivity contribution in [3.05, 3.63) is 66.0 Å². The van der Waals surface area contributed by atoms with Crippen molar-refractivity contribution in [3.63, 3.8) is 0 Å². The van der Waals surface area contributed by atoms with Crippen LogP contribution in [0.1, 0.15) is 18.4 Å². The molecule has 2 N–H and O–H groups in total. The normalized spacial score (nSPS) is 13.5. The van der Waals surface area contributed by atoms with Gasteiger partial charge in [0.25, 0.3) is 0 Å². The van der Waals surface area contributed by atoms with Crippen LogP contribution in [-0.4, -0.2) is 21.0 Å². The SMILES string of the molecule is Fc1ccc(CNc2cc(-c3cccnc3)nc(NC3CC3)n2)cc1F. The highest BCUT2D eigenvalue weighted by molar-refractivity contribution is 5.63. The number of nitrogens with zero attached hydrogens (tertiary/aromatic N) is 3. The Labute approximate surface area is 149 Å². The van der Waals surface area contributed by atoms with Gasteiger partial charge in [0, 0.05) is 36.6 Å². The predicted octanol–water partition coefficient (Wildman–Crippen LogP) is 4.00. The van der Waals surface area contributed by atoms with Crippen molar-refractivity contribution in [3.8, 4) is 11.3 Å². The van der Waals surface area contributed by atoms with Gasteiger partial charge in [0.05, 0.1) is 5.69 Å². The molecule has 2 aromatic heterocycles. The molecule has 0 amide bonds. The smallest absolute Gasteiger partial charge is 0.225 e. The summed E-state index contributed by atoms with van der Waals surface area (Å²) < 4.78 is 26.4. The number of hydrogen-bond acceptors (Lipinski definition) is 5. The van der Waals surface area contributed by atoms with Gasteiger partial charge in [-0.25, -0.2) is 13.8 Å². The number of hydrogen-bond donors (Lipinski definition) is 2. The van der Waals surface area contributed by atoms with E-state index in [-0.39, 0.29) is 0 Å². The summed E-state index contributed by atoms with van der Waals surface area (Å²) >= 11 is 0. The molecule has 132 valence electrons. The Bertz CT molecular complexity index is 913. The predicted molar refractivity (Wildman–Crippen MR) is 95.6 cm³/mol. The Hall–Kier alpha value is -3.09. The monoisotopic (exact) mass is 353 g/mol. The fourth-order valence-electron chi connectivity index (χ4n) is 2.52. The first-order valence-corrected chi connectivity index (χ1v) is 8.41. The lowest BCUT2D eigenvalue weighted by atomic mass is 10.2. The van der Waals surface area contributed by atoms with Crippen molar-refractivity contribution in [2.75, 3.05) is 10.6 Å². The highest BCUT2D eigenvalue weighted by atomic mass is 19.2. The zero-order chi connectivity index (χ0) is 17.9. The third-order valence-corrected chi connectivity index (χ3v) is 4.05. The molecule has 0 spiro atoms.